The SMILES string of the molecule is Cc1ccc(C(=O)Nc2ccc(Br)c(F)c2)cc1C. The molecule has 0 unspecified atom stereocenters. The van der Waals surface area contributed by atoms with Crippen LogP contribution < -0.4 is 5.32 Å². The summed E-state index contributed by atoms with van der Waals surface area (Å²) < 4.78 is 13.7. The van der Waals surface area contributed by atoms with Crippen molar-refractivity contribution in [3.63, 3.8) is 0 Å². The average Bonchev–Trinajstić information content (AvgIpc) is 2.37. The van der Waals surface area contributed by atoms with Crippen LogP contribution in [0.3, 0.4) is 0 Å². The maximum Gasteiger partial charge on any atom is 0.255 e. The number of carbonyl (C=O) groups is 1. The molecule has 0 fully saturated rings. The largest absolute Gasteiger partial charge is 0.322 e. The third-order valence-electron chi connectivity index (χ3n) is 2.95. The molecule has 2 aromatic rings. The second-order valence-electron chi connectivity index (χ2n) is 4.38. The van der Waals surface area contributed by atoms with E-state index in [9.17, 15) is 9.18 Å². The van der Waals surface area contributed by atoms with Crippen molar-refractivity contribution in [2.24, 2.45) is 0 Å². The molecule has 2 rings (SSSR count). The lowest BCUT2D eigenvalue weighted by Gasteiger charge is -2.07. The van der Waals surface area contributed by atoms with E-state index in [-0.39, 0.29) is 5.91 Å². The Kier molecular flexibility index (Phi) is 4.00. The Hall–Kier alpha value is -1.68. The first-order valence-corrected chi connectivity index (χ1v) is 6.60. The zero-order chi connectivity index (χ0) is 14.0. The fourth-order valence-electron chi connectivity index (χ4n) is 1.66. The van der Waals surface area contributed by atoms with Crippen molar-refractivity contribution in [1.29, 1.82) is 0 Å². The van der Waals surface area contributed by atoms with Crippen LogP contribution in [0, 0.1) is 19.7 Å². The van der Waals surface area contributed by atoms with Crippen molar-refractivity contribution in [2.75, 3.05) is 5.32 Å². The fraction of sp³-hybridized carbons (Fsp3) is 0.133. The highest BCUT2D eigenvalue weighted by atomic mass is 79.9. The van der Waals surface area contributed by atoms with Gasteiger partial charge in [-0.05, 0) is 71.2 Å². The normalized spacial score (nSPS) is 10.3. The molecule has 0 aliphatic heterocycles. The highest BCUT2D eigenvalue weighted by molar-refractivity contribution is 9.10. The van der Waals surface area contributed by atoms with Gasteiger partial charge in [0.2, 0.25) is 0 Å². The van der Waals surface area contributed by atoms with E-state index in [4.69, 9.17) is 0 Å². The van der Waals surface area contributed by atoms with Gasteiger partial charge in [-0.1, -0.05) is 6.07 Å². The summed E-state index contributed by atoms with van der Waals surface area (Å²) in [5, 5.41) is 2.67. The predicted molar refractivity (Wildman–Crippen MR) is 78.0 cm³/mol. The number of hydrogen-bond donors (Lipinski definition) is 1. The highest BCUT2D eigenvalue weighted by Gasteiger charge is 2.08. The van der Waals surface area contributed by atoms with Crippen LogP contribution in [0.4, 0.5) is 10.1 Å². The molecule has 1 amide bonds. The second-order valence-corrected chi connectivity index (χ2v) is 5.24. The fourth-order valence-corrected chi connectivity index (χ4v) is 1.91. The van der Waals surface area contributed by atoms with Crippen LogP contribution >= 0.6 is 15.9 Å². The van der Waals surface area contributed by atoms with Gasteiger partial charge in [-0.15, -0.1) is 0 Å². The van der Waals surface area contributed by atoms with Gasteiger partial charge >= 0.3 is 0 Å². The van der Waals surface area contributed by atoms with Gasteiger partial charge in [0.05, 0.1) is 4.47 Å². The third-order valence-corrected chi connectivity index (χ3v) is 3.59. The van der Waals surface area contributed by atoms with Gasteiger partial charge < -0.3 is 5.32 Å². The topological polar surface area (TPSA) is 29.1 Å². The third kappa shape index (κ3) is 3.20. The molecule has 98 valence electrons. The molecular formula is C15H13BrFNO. The zero-order valence-electron chi connectivity index (χ0n) is 10.6. The van der Waals surface area contributed by atoms with E-state index in [2.05, 4.69) is 21.2 Å². The Balaban J connectivity index is 2.20. The number of anilines is 1. The van der Waals surface area contributed by atoms with Gasteiger partial charge in [0.25, 0.3) is 5.91 Å². The van der Waals surface area contributed by atoms with Gasteiger partial charge in [-0.2, -0.15) is 0 Å². The van der Waals surface area contributed by atoms with Crippen molar-refractivity contribution in [2.45, 2.75) is 13.8 Å². The molecule has 0 atom stereocenters. The Morgan fingerprint density at radius 3 is 2.47 bits per heavy atom. The molecule has 2 nitrogen and oxygen atoms in total. The minimum Gasteiger partial charge on any atom is -0.322 e. The van der Waals surface area contributed by atoms with Crippen molar-refractivity contribution < 1.29 is 9.18 Å². The monoisotopic (exact) mass is 321 g/mol. The molecule has 19 heavy (non-hydrogen) atoms. The number of hydrogen-bond acceptors (Lipinski definition) is 1. The summed E-state index contributed by atoms with van der Waals surface area (Å²) >= 11 is 3.07. The Morgan fingerprint density at radius 2 is 1.84 bits per heavy atom. The van der Waals surface area contributed by atoms with Crippen molar-refractivity contribution in [3.8, 4) is 0 Å². The Labute approximate surface area is 119 Å². The number of amides is 1. The Morgan fingerprint density at radius 1 is 1.11 bits per heavy atom. The number of halogens is 2. The molecule has 0 aliphatic carbocycles. The maximum absolute atomic E-state index is 13.4. The van der Waals surface area contributed by atoms with Crippen LogP contribution in [0.15, 0.2) is 40.9 Å². The van der Waals surface area contributed by atoms with Crippen LogP contribution in [0.25, 0.3) is 0 Å². The van der Waals surface area contributed by atoms with Crippen LogP contribution in [0.1, 0.15) is 21.5 Å². The van der Waals surface area contributed by atoms with Gasteiger partial charge in [-0.25, -0.2) is 4.39 Å². The van der Waals surface area contributed by atoms with E-state index in [0.717, 1.165) is 11.1 Å². The van der Waals surface area contributed by atoms with Gasteiger partial charge in [0.15, 0.2) is 0 Å². The number of benzene rings is 2. The summed E-state index contributed by atoms with van der Waals surface area (Å²) in [6.07, 6.45) is 0. The molecule has 0 aromatic heterocycles. The summed E-state index contributed by atoms with van der Waals surface area (Å²) in [4.78, 5) is 12.0. The van der Waals surface area contributed by atoms with E-state index < -0.39 is 5.82 Å². The number of aryl methyl sites for hydroxylation is 2. The van der Waals surface area contributed by atoms with E-state index in [1.807, 2.05) is 26.0 Å². The first kappa shape index (κ1) is 13.7. The Bertz CT molecular complexity index is 640. The summed E-state index contributed by atoms with van der Waals surface area (Å²) in [6.45, 7) is 3.94. The molecule has 0 saturated heterocycles. The smallest absolute Gasteiger partial charge is 0.255 e. The first-order valence-electron chi connectivity index (χ1n) is 5.81. The van der Waals surface area contributed by atoms with Crippen LogP contribution in [-0.2, 0) is 0 Å². The maximum atomic E-state index is 13.4. The molecule has 1 N–H and O–H groups in total. The lowest BCUT2D eigenvalue weighted by atomic mass is 10.1. The summed E-state index contributed by atoms with van der Waals surface area (Å²) in [5.41, 5.74) is 3.18. The van der Waals surface area contributed by atoms with Crippen molar-refractivity contribution in [1.82, 2.24) is 0 Å². The summed E-state index contributed by atoms with van der Waals surface area (Å²) in [7, 11) is 0. The minimum atomic E-state index is -0.405. The lowest BCUT2D eigenvalue weighted by Crippen LogP contribution is -2.12. The number of carbonyl (C=O) groups excluding carboxylic acids is 1. The minimum absolute atomic E-state index is 0.246. The average molecular weight is 322 g/mol. The predicted octanol–water partition coefficient (Wildman–Crippen LogP) is 4.46. The number of nitrogens with one attached hydrogen (secondary N) is 1. The second kappa shape index (κ2) is 5.53. The molecule has 0 spiro atoms. The quantitative estimate of drug-likeness (QED) is 0.869. The zero-order valence-corrected chi connectivity index (χ0v) is 12.2. The van der Waals surface area contributed by atoms with Crippen molar-refractivity contribution in [3.05, 3.63) is 63.4 Å². The van der Waals surface area contributed by atoms with E-state index in [1.165, 1.54) is 6.07 Å². The molecular weight excluding hydrogens is 309 g/mol. The molecule has 0 saturated carbocycles. The van der Waals surface area contributed by atoms with Gasteiger partial charge in [0.1, 0.15) is 5.82 Å². The molecule has 0 bridgehead atoms. The summed E-state index contributed by atoms with van der Waals surface area (Å²) in [5.74, 6) is -0.650. The van der Waals surface area contributed by atoms with Crippen LogP contribution in [0.2, 0.25) is 0 Å². The van der Waals surface area contributed by atoms with E-state index in [0.29, 0.717) is 15.7 Å². The molecule has 0 radical (unpaired) electrons. The molecule has 4 heteroatoms. The standard InChI is InChI=1S/C15H13BrFNO/c1-9-3-4-11(7-10(9)2)15(19)18-12-5-6-13(16)14(17)8-12/h3-8H,1-2H3,(H,18,19). The summed E-state index contributed by atoms with van der Waals surface area (Å²) in [6, 6.07) is 9.96. The first-order chi connectivity index (χ1) is 8.97. The van der Waals surface area contributed by atoms with E-state index >= 15 is 0 Å². The van der Waals surface area contributed by atoms with Crippen LogP contribution in [0.5, 0.6) is 0 Å². The van der Waals surface area contributed by atoms with Gasteiger partial charge in [-0.3, -0.25) is 4.79 Å². The number of rotatable bonds is 2. The van der Waals surface area contributed by atoms with Crippen molar-refractivity contribution >= 4 is 27.5 Å². The molecule has 2 aromatic carbocycles. The van der Waals surface area contributed by atoms with Crippen LogP contribution in [-0.4, -0.2) is 5.91 Å². The molecule has 0 aliphatic rings. The lowest BCUT2D eigenvalue weighted by molar-refractivity contribution is 0.102. The molecule has 0 heterocycles. The highest BCUT2D eigenvalue weighted by Crippen LogP contribution is 2.20. The van der Waals surface area contributed by atoms with Gasteiger partial charge in [0, 0.05) is 11.3 Å². The van der Waals surface area contributed by atoms with E-state index in [1.54, 1.807) is 18.2 Å².